The van der Waals surface area contributed by atoms with Crippen LogP contribution in [0.15, 0.2) is 30.5 Å². The van der Waals surface area contributed by atoms with Crippen LogP contribution in [0.3, 0.4) is 0 Å². The zero-order valence-corrected chi connectivity index (χ0v) is 15.1. The molecule has 1 aromatic heterocycles. The maximum absolute atomic E-state index is 9.91. The number of hydrogen-bond donors (Lipinski definition) is 5. The SMILES string of the molecule is CC.Cc1ncc(CCNCc2ccc(C(=N)N)cc2)c(CO)c1O. The van der Waals surface area contributed by atoms with Crippen molar-refractivity contribution in [1.82, 2.24) is 10.3 Å². The Labute approximate surface area is 149 Å². The second kappa shape index (κ2) is 10.4. The van der Waals surface area contributed by atoms with Gasteiger partial charge >= 0.3 is 0 Å². The predicted octanol–water partition coefficient (Wildman–Crippen LogP) is 2.23. The number of nitrogens with one attached hydrogen (secondary N) is 2. The lowest BCUT2D eigenvalue weighted by molar-refractivity contribution is 0.273. The fourth-order valence-electron chi connectivity index (χ4n) is 2.33. The van der Waals surface area contributed by atoms with Crippen LogP contribution in [0.1, 0.15) is 41.8 Å². The van der Waals surface area contributed by atoms with Crippen LogP contribution >= 0.6 is 0 Å². The number of hydrogen-bond acceptors (Lipinski definition) is 5. The van der Waals surface area contributed by atoms with Crippen molar-refractivity contribution in [1.29, 1.82) is 5.41 Å². The molecule has 0 aliphatic carbocycles. The molecule has 136 valence electrons. The van der Waals surface area contributed by atoms with Crippen molar-refractivity contribution in [2.45, 2.75) is 40.3 Å². The van der Waals surface area contributed by atoms with Gasteiger partial charge in [0.1, 0.15) is 11.6 Å². The summed E-state index contributed by atoms with van der Waals surface area (Å²) < 4.78 is 0. The molecule has 0 radical (unpaired) electrons. The van der Waals surface area contributed by atoms with Crippen LogP contribution in [0.4, 0.5) is 0 Å². The molecule has 0 atom stereocenters. The van der Waals surface area contributed by atoms with Crippen LogP contribution in [-0.2, 0) is 19.6 Å². The molecular weight excluding hydrogens is 316 g/mol. The summed E-state index contributed by atoms with van der Waals surface area (Å²) in [4.78, 5) is 4.13. The van der Waals surface area contributed by atoms with E-state index in [1.54, 1.807) is 13.1 Å². The summed E-state index contributed by atoms with van der Waals surface area (Å²) in [6, 6.07) is 7.51. The number of aryl methyl sites for hydroxylation is 1. The van der Waals surface area contributed by atoms with E-state index in [1.165, 1.54) is 0 Å². The summed E-state index contributed by atoms with van der Waals surface area (Å²) in [5.74, 6) is 0.137. The first kappa shape index (κ1) is 20.6. The topological polar surface area (TPSA) is 115 Å². The number of nitrogens with zero attached hydrogens (tertiary/aromatic N) is 1. The molecule has 0 spiro atoms. The van der Waals surface area contributed by atoms with E-state index in [1.807, 2.05) is 38.1 Å². The fraction of sp³-hybridized carbons (Fsp3) is 0.368. The van der Waals surface area contributed by atoms with Gasteiger partial charge in [-0.1, -0.05) is 38.1 Å². The van der Waals surface area contributed by atoms with Crippen molar-refractivity contribution in [2.24, 2.45) is 5.73 Å². The van der Waals surface area contributed by atoms with Gasteiger partial charge in [-0.05, 0) is 31.0 Å². The smallest absolute Gasteiger partial charge is 0.142 e. The summed E-state index contributed by atoms with van der Waals surface area (Å²) in [6.07, 6.45) is 2.37. The highest BCUT2D eigenvalue weighted by atomic mass is 16.3. The summed E-state index contributed by atoms with van der Waals surface area (Å²) in [6.45, 7) is 6.90. The van der Waals surface area contributed by atoms with Crippen LogP contribution in [0.25, 0.3) is 0 Å². The Bertz CT molecular complexity index is 685. The first-order valence-electron chi connectivity index (χ1n) is 8.44. The van der Waals surface area contributed by atoms with Crippen molar-refractivity contribution in [3.63, 3.8) is 0 Å². The maximum Gasteiger partial charge on any atom is 0.142 e. The number of rotatable bonds is 7. The van der Waals surface area contributed by atoms with Gasteiger partial charge in [-0.2, -0.15) is 0 Å². The molecule has 2 aromatic rings. The number of nitrogens with two attached hydrogens (primary N) is 1. The van der Waals surface area contributed by atoms with Gasteiger partial charge in [0.25, 0.3) is 0 Å². The first-order chi connectivity index (χ1) is 12.0. The first-order valence-corrected chi connectivity index (χ1v) is 8.44. The number of aliphatic hydroxyl groups excluding tert-OH is 1. The molecule has 0 bridgehead atoms. The number of aliphatic hydroxyl groups is 1. The average molecular weight is 344 g/mol. The highest BCUT2D eigenvalue weighted by Gasteiger charge is 2.10. The minimum Gasteiger partial charge on any atom is -0.506 e. The van der Waals surface area contributed by atoms with E-state index >= 15 is 0 Å². The molecule has 25 heavy (non-hydrogen) atoms. The van der Waals surface area contributed by atoms with Gasteiger partial charge in [0.15, 0.2) is 0 Å². The van der Waals surface area contributed by atoms with Gasteiger partial charge < -0.3 is 21.3 Å². The largest absolute Gasteiger partial charge is 0.506 e. The fourth-order valence-corrected chi connectivity index (χ4v) is 2.33. The lowest BCUT2D eigenvalue weighted by Gasteiger charge is -2.11. The van der Waals surface area contributed by atoms with E-state index in [0.717, 1.165) is 11.1 Å². The number of aromatic nitrogens is 1. The zero-order valence-electron chi connectivity index (χ0n) is 15.1. The summed E-state index contributed by atoms with van der Waals surface area (Å²) in [5.41, 5.74) is 9.14. The van der Waals surface area contributed by atoms with Crippen LogP contribution in [-0.4, -0.2) is 27.6 Å². The Morgan fingerprint density at radius 1 is 1.24 bits per heavy atom. The monoisotopic (exact) mass is 344 g/mol. The number of benzene rings is 1. The van der Waals surface area contributed by atoms with Crippen LogP contribution in [0, 0.1) is 12.3 Å². The molecule has 0 aliphatic heterocycles. The Balaban J connectivity index is 0.00000151. The molecular formula is C19H28N4O2. The highest BCUT2D eigenvalue weighted by Crippen LogP contribution is 2.23. The van der Waals surface area contributed by atoms with Gasteiger partial charge in [0.2, 0.25) is 0 Å². The third-order valence-electron chi connectivity index (χ3n) is 3.75. The van der Waals surface area contributed by atoms with Crippen LogP contribution < -0.4 is 11.1 Å². The summed E-state index contributed by atoms with van der Waals surface area (Å²) in [5, 5.41) is 30.0. The number of nitrogen functional groups attached to an aromatic ring is 1. The van der Waals surface area contributed by atoms with Crippen molar-refractivity contribution < 1.29 is 10.2 Å². The number of amidine groups is 1. The molecule has 1 aromatic carbocycles. The van der Waals surface area contributed by atoms with Crippen molar-refractivity contribution in [3.8, 4) is 5.75 Å². The Morgan fingerprint density at radius 3 is 2.44 bits per heavy atom. The molecule has 6 nitrogen and oxygen atoms in total. The average Bonchev–Trinajstić information content (AvgIpc) is 2.63. The predicted molar refractivity (Wildman–Crippen MR) is 101 cm³/mol. The van der Waals surface area contributed by atoms with E-state index in [0.29, 0.717) is 36.3 Å². The van der Waals surface area contributed by atoms with Gasteiger partial charge in [0, 0.05) is 23.9 Å². The molecule has 2 rings (SSSR count). The van der Waals surface area contributed by atoms with Gasteiger partial charge in [-0.25, -0.2) is 0 Å². The second-order valence-electron chi connectivity index (χ2n) is 5.39. The van der Waals surface area contributed by atoms with E-state index in [2.05, 4.69) is 10.3 Å². The van der Waals surface area contributed by atoms with Crippen LogP contribution in [0.5, 0.6) is 5.75 Å². The quantitative estimate of drug-likeness (QED) is 0.300. The van der Waals surface area contributed by atoms with Crippen molar-refractivity contribution in [2.75, 3.05) is 6.54 Å². The van der Waals surface area contributed by atoms with E-state index < -0.39 is 0 Å². The Morgan fingerprint density at radius 2 is 1.88 bits per heavy atom. The third kappa shape index (κ3) is 5.85. The molecule has 0 unspecified atom stereocenters. The molecule has 0 fully saturated rings. The standard InChI is InChI=1S/C17H22N4O2.C2H6/c1-11-16(23)15(10-22)14(9-21-11)6-7-20-8-12-2-4-13(5-3-12)17(18)19;1-2/h2-5,9,20,22-23H,6-8,10H2,1H3,(H3,18,19);1-2H3. The normalized spacial score (nSPS) is 10.1. The molecule has 0 aliphatic rings. The van der Waals surface area contributed by atoms with Crippen LogP contribution in [0.2, 0.25) is 0 Å². The molecule has 0 saturated heterocycles. The van der Waals surface area contributed by atoms with E-state index in [9.17, 15) is 10.2 Å². The highest BCUT2D eigenvalue weighted by molar-refractivity contribution is 5.94. The molecule has 0 saturated carbocycles. The lowest BCUT2D eigenvalue weighted by Crippen LogP contribution is -2.18. The minimum atomic E-state index is -0.197. The van der Waals surface area contributed by atoms with Crippen molar-refractivity contribution in [3.05, 3.63) is 58.4 Å². The van der Waals surface area contributed by atoms with E-state index in [4.69, 9.17) is 11.1 Å². The lowest BCUT2D eigenvalue weighted by atomic mass is 10.1. The molecule has 6 heteroatoms. The van der Waals surface area contributed by atoms with Gasteiger partial charge in [-0.15, -0.1) is 0 Å². The Hall–Kier alpha value is -2.44. The number of pyridine rings is 1. The molecule has 1 heterocycles. The molecule has 0 amide bonds. The minimum absolute atomic E-state index is 0.0627. The maximum atomic E-state index is 9.91. The second-order valence-corrected chi connectivity index (χ2v) is 5.39. The van der Waals surface area contributed by atoms with Crippen molar-refractivity contribution >= 4 is 5.84 Å². The summed E-state index contributed by atoms with van der Waals surface area (Å²) in [7, 11) is 0. The van der Waals surface area contributed by atoms with Gasteiger partial charge in [-0.3, -0.25) is 10.4 Å². The van der Waals surface area contributed by atoms with Gasteiger partial charge in [0.05, 0.1) is 12.3 Å². The summed E-state index contributed by atoms with van der Waals surface area (Å²) >= 11 is 0. The Kier molecular flexibility index (Phi) is 8.60. The zero-order chi connectivity index (χ0) is 18.8. The number of aromatic hydroxyl groups is 1. The molecule has 6 N–H and O–H groups in total. The van der Waals surface area contributed by atoms with E-state index in [-0.39, 0.29) is 18.2 Å². The third-order valence-corrected chi connectivity index (χ3v) is 3.75.